The minimum atomic E-state index is -0.463. The topological polar surface area (TPSA) is 97.4 Å². The molecular formula is C14H9N3O4S. The molecule has 1 aliphatic rings. The average Bonchev–Trinajstić information content (AvgIpc) is 3.06. The Bertz CT molecular complexity index is 808. The lowest BCUT2D eigenvalue weighted by Gasteiger charge is -1.97. The van der Waals surface area contributed by atoms with E-state index in [1.54, 1.807) is 24.3 Å². The molecule has 0 atom stereocenters. The first kappa shape index (κ1) is 14.0. The minimum Gasteiger partial charge on any atom is -0.457 e. The zero-order valence-electron chi connectivity index (χ0n) is 11.0. The van der Waals surface area contributed by atoms with Crippen LogP contribution in [-0.4, -0.2) is 15.9 Å². The number of carbonyl (C=O) groups is 1. The van der Waals surface area contributed by atoms with Crippen LogP contribution in [-0.2, 0) is 4.79 Å². The summed E-state index contributed by atoms with van der Waals surface area (Å²) in [5, 5.41) is 16.0. The number of amides is 1. The molecule has 0 unspecified atom stereocenters. The predicted molar refractivity (Wildman–Crippen MR) is 82.7 cm³/mol. The van der Waals surface area contributed by atoms with Gasteiger partial charge in [0.1, 0.15) is 17.2 Å². The lowest BCUT2D eigenvalue weighted by Crippen LogP contribution is -2.21. The Morgan fingerprint density at radius 2 is 1.86 bits per heavy atom. The molecule has 2 heterocycles. The van der Waals surface area contributed by atoms with Crippen molar-refractivity contribution in [2.75, 3.05) is 0 Å². The standard InChI is InChI=1S/C14H9N3O4S/c18-13-11(15-14(22)16-13)7-10-5-6-12(21-10)8-1-3-9(4-2-8)17(19)20/h1-7H,(H2,15,16,18,22)/b11-7+. The van der Waals surface area contributed by atoms with Crippen LogP contribution in [0.15, 0.2) is 46.5 Å². The van der Waals surface area contributed by atoms with Gasteiger partial charge >= 0.3 is 0 Å². The highest BCUT2D eigenvalue weighted by molar-refractivity contribution is 7.80. The molecular weight excluding hydrogens is 306 g/mol. The summed E-state index contributed by atoms with van der Waals surface area (Å²) in [4.78, 5) is 21.7. The van der Waals surface area contributed by atoms with Gasteiger partial charge in [-0.2, -0.15) is 0 Å². The number of nitro groups is 1. The van der Waals surface area contributed by atoms with Crippen LogP contribution in [0.2, 0.25) is 0 Å². The van der Waals surface area contributed by atoms with E-state index in [-0.39, 0.29) is 16.7 Å². The number of carbonyl (C=O) groups excluding carboxylic acids is 1. The Balaban J connectivity index is 1.85. The summed E-state index contributed by atoms with van der Waals surface area (Å²) in [7, 11) is 0. The first-order valence-electron chi connectivity index (χ1n) is 6.21. The van der Waals surface area contributed by atoms with Gasteiger partial charge in [-0.3, -0.25) is 20.2 Å². The Morgan fingerprint density at radius 1 is 1.14 bits per heavy atom. The Hall–Kier alpha value is -3.00. The van der Waals surface area contributed by atoms with Gasteiger partial charge in [-0.25, -0.2) is 0 Å². The number of benzene rings is 1. The van der Waals surface area contributed by atoms with E-state index in [2.05, 4.69) is 10.6 Å². The Morgan fingerprint density at radius 3 is 2.45 bits per heavy atom. The Kier molecular flexibility index (Phi) is 3.43. The van der Waals surface area contributed by atoms with Crippen molar-refractivity contribution in [3.63, 3.8) is 0 Å². The molecule has 1 aromatic heterocycles. The summed E-state index contributed by atoms with van der Waals surface area (Å²) in [6.45, 7) is 0. The van der Waals surface area contributed by atoms with Crippen LogP contribution in [0.1, 0.15) is 5.76 Å². The molecule has 1 fully saturated rings. The fourth-order valence-electron chi connectivity index (χ4n) is 1.96. The second-order valence-electron chi connectivity index (χ2n) is 4.47. The molecule has 8 heteroatoms. The summed E-state index contributed by atoms with van der Waals surface area (Å²) in [5.74, 6) is 0.691. The van der Waals surface area contributed by atoms with Crippen LogP contribution in [0.3, 0.4) is 0 Å². The van der Waals surface area contributed by atoms with Gasteiger partial charge in [-0.1, -0.05) is 0 Å². The molecule has 0 spiro atoms. The van der Waals surface area contributed by atoms with Gasteiger partial charge in [0.25, 0.3) is 11.6 Å². The fraction of sp³-hybridized carbons (Fsp3) is 0. The van der Waals surface area contributed by atoms with Crippen LogP contribution in [0, 0.1) is 10.1 Å². The van der Waals surface area contributed by atoms with Crippen molar-refractivity contribution in [2.45, 2.75) is 0 Å². The third kappa shape index (κ3) is 2.72. The SMILES string of the molecule is O=C1NC(=S)N/C1=C/c1ccc(-c2ccc([N+](=O)[O-])cc2)o1. The maximum absolute atomic E-state index is 11.5. The summed E-state index contributed by atoms with van der Waals surface area (Å²) in [6, 6.07) is 9.42. The summed E-state index contributed by atoms with van der Waals surface area (Å²) in [6.07, 6.45) is 1.53. The number of hydrogen-bond donors (Lipinski definition) is 2. The Labute approximate surface area is 129 Å². The maximum atomic E-state index is 11.5. The van der Waals surface area contributed by atoms with Crippen LogP contribution in [0.4, 0.5) is 5.69 Å². The summed E-state index contributed by atoms with van der Waals surface area (Å²) >= 11 is 4.83. The van der Waals surface area contributed by atoms with E-state index in [0.717, 1.165) is 0 Å². The number of nitro benzene ring substituents is 1. The van der Waals surface area contributed by atoms with E-state index in [1.165, 1.54) is 18.2 Å². The van der Waals surface area contributed by atoms with E-state index in [0.29, 0.717) is 22.8 Å². The highest BCUT2D eigenvalue weighted by Gasteiger charge is 2.20. The summed E-state index contributed by atoms with van der Waals surface area (Å²) < 4.78 is 5.61. The second kappa shape index (κ2) is 5.41. The first-order valence-corrected chi connectivity index (χ1v) is 6.62. The lowest BCUT2D eigenvalue weighted by molar-refractivity contribution is -0.384. The first-order chi connectivity index (χ1) is 10.5. The average molecular weight is 315 g/mol. The molecule has 0 aliphatic carbocycles. The number of nitrogens with one attached hydrogen (secondary N) is 2. The molecule has 22 heavy (non-hydrogen) atoms. The van der Waals surface area contributed by atoms with Gasteiger partial charge in [-0.05, 0) is 36.5 Å². The minimum absolute atomic E-state index is 0.0120. The maximum Gasteiger partial charge on any atom is 0.274 e. The molecule has 7 nitrogen and oxygen atoms in total. The lowest BCUT2D eigenvalue weighted by atomic mass is 10.1. The van der Waals surface area contributed by atoms with E-state index in [1.807, 2.05) is 0 Å². The van der Waals surface area contributed by atoms with Crippen LogP contribution in [0.25, 0.3) is 17.4 Å². The van der Waals surface area contributed by atoms with Crippen molar-refractivity contribution in [3.8, 4) is 11.3 Å². The number of non-ortho nitro benzene ring substituents is 1. The number of nitrogens with zero attached hydrogens (tertiary/aromatic N) is 1. The van der Waals surface area contributed by atoms with E-state index >= 15 is 0 Å². The molecule has 1 amide bonds. The number of rotatable bonds is 3. The van der Waals surface area contributed by atoms with Crippen LogP contribution < -0.4 is 10.6 Å². The third-order valence-corrected chi connectivity index (χ3v) is 3.20. The fourth-order valence-corrected chi connectivity index (χ4v) is 2.16. The number of thiocarbonyl (C=S) groups is 1. The zero-order valence-corrected chi connectivity index (χ0v) is 11.8. The van der Waals surface area contributed by atoms with Gasteiger partial charge < -0.3 is 9.73 Å². The van der Waals surface area contributed by atoms with Gasteiger partial charge in [-0.15, -0.1) is 0 Å². The molecule has 1 aromatic carbocycles. The van der Waals surface area contributed by atoms with E-state index < -0.39 is 4.92 Å². The molecule has 1 aliphatic heterocycles. The van der Waals surface area contributed by atoms with Crippen molar-refractivity contribution < 1.29 is 14.1 Å². The molecule has 2 N–H and O–H groups in total. The van der Waals surface area contributed by atoms with Crippen LogP contribution in [0.5, 0.6) is 0 Å². The molecule has 3 rings (SSSR count). The molecule has 110 valence electrons. The van der Waals surface area contributed by atoms with Gasteiger partial charge in [0.05, 0.1) is 4.92 Å². The van der Waals surface area contributed by atoms with Crippen molar-refractivity contribution >= 4 is 35.0 Å². The largest absolute Gasteiger partial charge is 0.457 e. The van der Waals surface area contributed by atoms with Crippen molar-refractivity contribution in [1.82, 2.24) is 10.6 Å². The van der Waals surface area contributed by atoms with E-state index in [9.17, 15) is 14.9 Å². The quantitative estimate of drug-likeness (QED) is 0.390. The summed E-state index contributed by atoms with van der Waals surface area (Å²) in [5.41, 5.74) is 1.02. The molecule has 0 saturated carbocycles. The zero-order chi connectivity index (χ0) is 15.7. The highest BCUT2D eigenvalue weighted by Crippen LogP contribution is 2.25. The highest BCUT2D eigenvalue weighted by atomic mass is 32.1. The van der Waals surface area contributed by atoms with Crippen LogP contribution >= 0.6 is 12.2 Å². The monoisotopic (exact) mass is 315 g/mol. The number of furan rings is 1. The normalized spacial score (nSPS) is 15.7. The number of hydrogen-bond acceptors (Lipinski definition) is 5. The smallest absolute Gasteiger partial charge is 0.274 e. The van der Waals surface area contributed by atoms with Crippen molar-refractivity contribution in [1.29, 1.82) is 0 Å². The molecule has 0 bridgehead atoms. The molecule has 2 aromatic rings. The predicted octanol–water partition coefficient (Wildman–Crippen LogP) is 2.20. The molecule has 0 radical (unpaired) electrons. The van der Waals surface area contributed by atoms with Crippen molar-refractivity contribution in [3.05, 3.63) is 58.0 Å². The van der Waals surface area contributed by atoms with Gasteiger partial charge in [0.15, 0.2) is 5.11 Å². The van der Waals surface area contributed by atoms with Crippen molar-refractivity contribution in [2.24, 2.45) is 0 Å². The van der Waals surface area contributed by atoms with E-state index in [4.69, 9.17) is 16.6 Å². The second-order valence-corrected chi connectivity index (χ2v) is 4.88. The molecule has 1 saturated heterocycles. The van der Waals surface area contributed by atoms with Gasteiger partial charge in [0, 0.05) is 23.8 Å². The third-order valence-electron chi connectivity index (χ3n) is 3.00. The van der Waals surface area contributed by atoms with Gasteiger partial charge in [0.2, 0.25) is 0 Å².